The van der Waals surface area contributed by atoms with Crippen molar-refractivity contribution in [1.29, 1.82) is 0 Å². The van der Waals surface area contributed by atoms with Crippen LogP contribution in [0.1, 0.15) is 50.8 Å². The molecular formula is C23H28N2O2. The maximum atomic E-state index is 13.0. The normalized spacial score (nSPS) is 20.1. The molecule has 0 aliphatic carbocycles. The lowest BCUT2D eigenvalue weighted by molar-refractivity contribution is -0.131. The Morgan fingerprint density at radius 2 is 1.59 bits per heavy atom. The molecule has 27 heavy (non-hydrogen) atoms. The molecule has 1 unspecified atom stereocenters. The first kappa shape index (κ1) is 19.2. The zero-order valence-corrected chi connectivity index (χ0v) is 16.6. The Hall–Kier alpha value is -2.62. The van der Waals surface area contributed by atoms with Crippen LogP contribution in [-0.2, 0) is 22.2 Å². The minimum absolute atomic E-state index is 0.0475. The summed E-state index contributed by atoms with van der Waals surface area (Å²) >= 11 is 0. The summed E-state index contributed by atoms with van der Waals surface area (Å²) in [6.07, 6.45) is 1.59. The second-order valence-electron chi connectivity index (χ2n) is 8.43. The third-order valence-corrected chi connectivity index (χ3v) is 5.29. The Kier molecular flexibility index (Phi) is 5.09. The van der Waals surface area contributed by atoms with E-state index in [1.807, 2.05) is 42.5 Å². The van der Waals surface area contributed by atoms with Crippen LogP contribution in [0.15, 0.2) is 54.6 Å². The van der Waals surface area contributed by atoms with E-state index < -0.39 is 5.54 Å². The molecule has 0 radical (unpaired) electrons. The van der Waals surface area contributed by atoms with Crippen LogP contribution >= 0.6 is 0 Å². The molecule has 0 spiro atoms. The van der Waals surface area contributed by atoms with E-state index in [1.165, 1.54) is 16.0 Å². The van der Waals surface area contributed by atoms with Crippen molar-refractivity contribution in [3.05, 3.63) is 71.3 Å². The number of rotatable bonds is 5. The highest BCUT2D eigenvalue weighted by Crippen LogP contribution is 2.31. The van der Waals surface area contributed by atoms with Crippen LogP contribution in [0.5, 0.6) is 0 Å². The summed E-state index contributed by atoms with van der Waals surface area (Å²) in [4.78, 5) is 26.8. The highest BCUT2D eigenvalue weighted by molar-refractivity contribution is 6.07. The molecule has 4 heteroatoms. The van der Waals surface area contributed by atoms with Gasteiger partial charge in [0.05, 0.1) is 0 Å². The van der Waals surface area contributed by atoms with Gasteiger partial charge in [-0.05, 0) is 41.9 Å². The van der Waals surface area contributed by atoms with E-state index in [4.69, 9.17) is 0 Å². The maximum Gasteiger partial charge on any atom is 0.325 e. The molecule has 2 aromatic rings. The largest absolute Gasteiger partial charge is 0.325 e. The highest BCUT2D eigenvalue weighted by Gasteiger charge is 2.48. The number of hydrogen-bond acceptors (Lipinski definition) is 2. The molecule has 2 aromatic carbocycles. The fourth-order valence-corrected chi connectivity index (χ4v) is 3.49. The Balaban J connectivity index is 1.70. The van der Waals surface area contributed by atoms with Crippen molar-refractivity contribution in [2.45, 2.75) is 51.5 Å². The molecule has 0 aromatic heterocycles. The smallest absolute Gasteiger partial charge is 0.319 e. The minimum Gasteiger partial charge on any atom is -0.319 e. The van der Waals surface area contributed by atoms with Crippen molar-refractivity contribution in [1.82, 2.24) is 10.2 Å². The number of nitrogens with one attached hydrogen (secondary N) is 1. The monoisotopic (exact) mass is 364 g/mol. The standard InChI is InChI=1S/C23H28N2O2/c1-22(2,3)18-12-14-19(15-13-18)23(4)20(26)25(21(27)24-23)16-8-11-17-9-6-5-7-10-17/h5-7,9-10,12-15H,8,11,16H2,1-4H3,(H,24,27). The number of aryl methyl sites for hydroxylation is 1. The number of imide groups is 1. The molecule has 1 atom stereocenters. The van der Waals surface area contributed by atoms with Gasteiger partial charge in [-0.3, -0.25) is 9.69 Å². The van der Waals surface area contributed by atoms with E-state index in [0.717, 1.165) is 18.4 Å². The SMILES string of the molecule is CC(C)(C)c1ccc(C2(C)NC(=O)N(CCCc3ccccc3)C2=O)cc1. The van der Waals surface area contributed by atoms with Gasteiger partial charge in [0.15, 0.2) is 0 Å². The van der Waals surface area contributed by atoms with Crippen molar-refractivity contribution in [2.24, 2.45) is 0 Å². The van der Waals surface area contributed by atoms with E-state index in [2.05, 4.69) is 38.2 Å². The summed E-state index contributed by atoms with van der Waals surface area (Å²) in [5.41, 5.74) is 2.28. The fourth-order valence-electron chi connectivity index (χ4n) is 3.49. The van der Waals surface area contributed by atoms with Crippen LogP contribution in [0.25, 0.3) is 0 Å². The van der Waals surface area contributed by atoms with Crippen LogP contribution in [0.3, 0.4) is 0 Å². The lowest BCUT2D eigenvalue weighted by Gasteiger charge is -2.24. The second-order valence-corrected chi connectivity index (χ2v) is 8.43. The van der Waals surface area contributed by atoms with Crippen molar-refractivity contribution in [3.63, 3.8) is 0 Å². The number of carbonyl (C=O) groups is 2. The summed E-state index contributed by atoms with van der Waals surface area (Å²) in [5.74, 6) is -0.177. The lowest BCUT2D eigenvalue weighted by Crippen LogP contribution is -2.41. The Labute approximate surface area is 161 Å². The lowest BCUT2D eigenvalue weighted by atomic mass is 9.84. The number of benzene rings is 2. The average molecular weight is 364 g/mol. The van der Waals surface area contributed by atoms with Crippen LogP contribution < -0.4 is 5.32 Å². The van der Waals surface area contributed by atoms with Gasteiger partial charge in [0.2, 0.25) is 0 Å². The van der Waals surface area contributed by atoms with E-state index >= 15 is 0 Å². The molecular weight excluding hydrogens is 336 g/mol. The first-order valence-electron chi connectivity index (χ1n) is 9.51. The van der Waals surface area contributed by atoms with Gasteiger partial charge < -0.3 is 5.32 Å². The molecule has 1 fully saturated rings. The molecule has 4 nitrogen and oxygen atoms in total. The molecule has 3 amide bonds. The van der Waals surface area contributed by atoms with Crippen LogP contribution in [0, 0.1) is 0 Å². The van der Waals surface area contributed by atoms with Gasteiger partial charge in [-0.25, -0.2) is 4.79 Å². The van der Waals surface area contributed by atoms with Crippen LogP contribution in [0.4, 0.5) is 4.79 Å². The van der Waals surface area contributed by atoms with Crippen LogP contribution in [0.2, 0.25) is 0 Å². The quantitative estimate of drug-likeness (QED) is 0.800. The predicted octanol–water partition coefficient (Wildman–Crippen LogP) is 4.38. The van der Waals surface area contributed by atoms with Crippen molar-refractivity contribution in [3.8, 4) is 0 Å². The van der Waals surface area contributed by atoms with Gasteiger partial charge in [0, 0.05) is 6.54 Å². The van der Waals surface area contributed by atoms with Gasteiger partial charge in [0.1, 0.15) is 5.54 Å². The Morgan fingerprint density at radius 3 is 2.19 bits per heavy atom. The van der Waals surface area contributed by atoms with Gasteiger partial charge in [0.25, 0.3) is 5.91 Å². The first-order valence-corrected chi connectivity index (χ1v) is 9.51. The van der Waals surface area contributed by atoms with E-state index in [0.29, 0.717) is 6.54 Å². The third-order valence-electron chi connectivity index (χ3n) is 5.29. The third kappa shape index (κ3) is 3.90. The summed E-state index contributed by atoms with van der Waals surface area (Å²) in [6.45, 7) is 8.67. The molecule has 1 saturated heterocycles. The molecule has 1 aliphatic rings. The summed E-state index contributed by atoms with van der Waals surface area (Å²) < 4.78 is 0. The number of nitrogens with zero attached hydrogens (tertiary/aromatic N) is 1. The Bertz CT molecular complexity index is 822. The van der Waals surface area contributed by atoms with Gasteiger partial charge in [-0.2, -0.15) is 0 Å². The van der Waals surface area contributed by atoms with E-state index in [1.54, 1.807) is 6.92 Å². The predicted molar refractivity (Wildman–Crippen MR) is 108 cm³/mol. The summed E-state index contributed by atoms with van der Waals surface area (Å²) in [7, 11) is 0. The number of hydrogen-bond donors (Lipinski definition) is 1. The number of amides is 3. The molecule has 1 N–H and O–H groups in total. The van der Waals surface area contributed by atoms with E-state index in [-0.39, 0.29) is 17.4 Å². The Morgan fingerprint density at radius 1 is 0.963 bits per heavy atom. The second kappa shape index (κ2) is 7.18. The zero-order valence-electron chi connectivity index (χ0n) is 16.6. The first-order chi connectivity index (χ1) is 12.7. The zero-order chi connectivity index (χ0) is 19.7. The van der Waals surface area contributed by atoms with Gasteiger partial charge >= 0.3 is 6.03 Å². The van der Waals surface area contributed by atoms with Crippen molar-refractivity contribution < 1.29 is 9.59 Å². The number of carbonyl (C=O) groups excluding carboxylic acids is 2. The van der Waals surface area contributed by atoms with E-state index in [9.17, 15) is 9.59 Å². The molecule has 0 saturated carbocycles. The number of urea groups is 1. The topological polar surface area (TPSA) is 49.4 Å². The highest BCUT2D eigenvalue weighted by atomic mass is 16.2. The maximum absolute atomic E-state index is 13.0. The fraction of sp³-hybridized carbons (Fsp3) is 0.391. The summed E-state index contributed by atoms with van der Waals surface area (Å²) in [5, 5.41) is 2.89. The molecule has 1 heterocycles. The van der Waals surface area contributed by atoms with Crippen molar-refractivity contribution in [2.75, 3.05) is 6.54 Å². The van der Waals surface area contributed by atoms with Gasteiger partial charge in [-0.1, -0.05) is 75.4 Å². The molecule has 142 valence electrons. The molecule has 1 aliphatic heterocycles. The summed E-state index contributed by atoms with van der Waals surface area (Å²) in [6, 6.07) is 17.8. The average Bonchev–Trinajstić information content (AvgIpc) is 2.86. The van der Waals surface area contributed by atoms with Crippen LogP contribution in [-0.4, -0.2) is 23.4 Å². The minimum atomic E-state index is -1.000. The molecule has 0 bridgehead atoms. The van der Waals surface area contributed by atoms with Gasteiger partial charge in [-0.15, -0.1) is 0 Å². The molecule has 3 rings (SSSR count). The van der Waals surface area contributed by atoms with Crippen molar-refractivity contribution >= 4 is 11.9 Å².